The maximum absolute atomic E-state index is 9.24. The second kappa shape index (κ2) is 6.00. The smallest absolute Gasteiger partial charge is 0.146 e. The molecule has 5 nitrogen and oxygen atoms in total. The van der Waals surface area contributed by atoms with Crippen molar-refractivity contribution < 1.29 is 5.11 Å². The molecule has 1 atom stereocenters. The van der Waals surface area contributed by atoms with Crippen molar-refractivity contribution in [1.82, 2.24) is 9.97 Å². The van der Waals surface area contributed by atoms with Gasteiger partial charge in [-0.25, -0.2) is 9.97 Å². The number of aliphatic hydroxyl groups excluding tert-OH is 1. The largest absolute Gasteiger partial charge is 0.394 e. The highest BCUT2D eigenvalue weighted by atomic mass is 79.9. The Morgan fingerprint density at radius 3 is 2.50 bits per heavy atom. The van der Waals surface area contributed by atoms with Crippen LogP contribution in [0.3, 0.4) is 0 Å². The van der Waals surface area contributed by atoms with Crippen LogP contribution in [0.1, 0.15) is 13.8 Å². The lowest BCUT2D eigenvalue weighted by Gasteiger charge is -2.21. The van der Waals surface area contributed by atoms with Crippen LogP contribution in [-0.2, 0) is 0 Å². The highest BCUT2D eigenvalue weighted by molar-refractivity contribution is 9.10. The van der Waals surface area contributed by atoms with Crippen molar-refractivity contribution in [2.45, 2.75) is 19.9 Å². The van der Waals surface area contributed by atoms with Crippen LogP contribution >= 0.6 is 15.9 Å². The van der Waals surface area contributed by atoms with E-state index in [1.54, 1.807) is 7.05 Å². The molecule has 6 heteroatoms. The van der Waals surface area contributed by atoms with Gasteiger partial charge < -0.3 is 15.7 Å². The van der Waals surface area contributed by atoms with Gasteiger partial charge >= 0.3 is 0 Å². The van der Waals surface area contributed by atoms with Crippen LogP contribution < -0.4 is 10.6 Å². The summed E-state index contributed by atoms with van der Waals surface area (Å²) in [5.74, 6) is 1.73. The number of aliphatic hydroxyl groups is 1. The van der Waals surface area contributed by atoms with Crippen LogP contribution in [0.5, 0.6) is 0 Å². The Kier molecular flexibility index (Phi) is 4.95. The number of nitrogens with zero attached hydrogens (tertiary/aromatic N) is 2. The van der Waals surface area contributed by atoms with Crippen molar-refractivity contribution in [3.8, 4) is 0 Å². The van der Waals surface area contributed by atoms with Crippen molar-refractivity contribution in [2.24, 2.45) is 5.92 Å². The highest BCUT2D eigenvalue weighted by Gasteiger charge is 2.15. The molecule has 0 aromatic carbocycles. The average Bonchev–Trinajstić information content (AvgIpc) is 2.27. The molecule has 1 aromatic heterocycles. The van der Waals surface area contributed by atoms with E-state index in [0.29, 0.717) is 11.7 Å². The van der Waals surface area contributed by atoms with Crippen molar-refractivity contribution in [1.29, 1.82) is 0 Å². The van der Waals surface area contributed by atoms with Crippen molar-refractivity contribution in [3.63, 3.8) is 0 Å². The van der Waals surface area contributed by atoms with Gasteiger partial charge in [-0.2, -0.15) is 0 Å². The van der Waals surface area contributed by atoms with Crippen molar-refractivity contribution in [3.05, 3.63) is 10.8 Å². The van der Waals surface area contributed by atoms with Gasteiger partial charge in [-0.05, 0) is 21.8 Å². The normalized spacial score (nSPS) is 12.6. The molecule has 0 saturated heterocycles. The number of hydrogen-bond donors (Lipinski definition) is 3. The topological polar surface area (TPSA) is 70.1 Å². The van der Waals surface area contributed by atoms with Crippen LogP contribution in [-0.4, -0.2) is 34.8 Å². The fourth-order valence-electron chi connectivity index (χ4n) is 1.24. The van der Waals surface area contributed by atoms with Gasteiger partial charge in [0, 0.05) is 7.05 Å². The van der Waals surface area contributed by atoms with Gasteiger partial charge in [0.2, 0.25) is 0 Å². The summed E-state index contributed by atoms with van der Waals surface area (Å²) in [6.45, 7) is 4.16. The van der Waals surface area contributed by atoms with E-state index in [0.717, 1.165) is 10.3 Å². The summed E-state index contributed by atoms with van der Waals surface area (Å²) in [7, 11) is 1.79. The number of halogens is 1. The first kappa shape index (κ1) is 13.2. The number of aromatic nitrogens is 2. The molecule has 0 bridgehead atoms. The van der Waals surface area contributed by atoms with E-state index in [9.17, 15) is 5.11 Å². The Balaban J connectivity index is 2.88. The van der Waals surface area contributed by atoms with Gasteiger partial charge in [0.1, 0.15) is 22.4 Å². The summed E-state index contributed by atoms with van der Waals surface area (Å²) in [5, 5.41) is 15.4. The van der Waals surface area contributed by atoms with Gasteiger partial charge in [0.05, 0.1) is 12.6 Å². The molecule has 0 aliphatic rings. The lowest BCUT2D eigenvalue weighted by atomic mass is 10.1. The minimum atomic E-state index is -0.0177. The molecule has 90 valence electrons. The number of nitrogens with one attached hydrogen (secondary N) is 2. The summed E-state index contributed by atoms with van der Waals surface area (Å²) in [5.41, 5.74) is 0. The first-order valence-electron chi connectivity index (χ1n) is 5.15. The molecule has 1 heterocycles. The average molecular weight is 289 g/mol. The van der Waals surface area contributed by atoms with Crippen molar-refractivity contribution >= 4 is 27.6 Å². The summed E-state index contributed by atoms with van der Waals surface area (Å²) < 4.78 is 0.775. The molecule has 0 spiro atoms. The van der Waals surface area contributed by atoms with E-state index >= 15 is 0 Å². The van der Waals surface area contributed by atoms with E-state index < -0.39 is 0 Å². The minimum absolute atomic E-state index is 0.0177. The van der Waals surface area contributed by atoms with E-state index in [1.165, 1.54) is 6.33 Å². The Bertz CT molecular complexity index is 346. The Hall–Kier alpha value is -0.880. The van der Waals surface area contributed by atoms with Crippen LogP contribution in [0.25, 0.3) is 0 Å². The number of rotatable bonds is 5. The molecule has 3 N–H and O–H groups in total. The third-order valence-electron chi connectivity index (χ3n) is 2.35. The second-order valence-corrected chi connectivity index (χ2v) is 4.61. The molecular formula is C10H17BrN4O. The zero-order valence-electron chi connectivity index (χ0n) is 9.66. The zero-order valence-corrected chi connectivity index (χ0v) is 11.2. The molecule has 16 heavy (non-hydrogen) atoms. The van der Waals surface area contributed by atoms with Crippen LogP contribution in [0.2, 0.25) is 0 Å². The molecule has 1 unspecified atom stereocenters. The maximum atomic E-state index is 9.24. The summed E-state index contributed by atoms with van der Waals surface area (Å²) in [6.07, 6.45) is 1.48. The third-order valence-corrected chi connectivity index (χ3v) is 3.10. The van der Waals surface area contributed by atoms with Crippen LogP contribution in [0.15, 0.2) is 10.8 Å². The van der Waals surface area contributed by atoms with Crippen molar-refractivity contribution in [2.75, 3.05) is 24.3 Å². The molecule has 0 aliphatic heterocycles. The quantitative estimate of drug-likeness (QED) is 0.770. The number of anilines is 2. The predicted octanol–water partition coefficient (Wildman–Crippen LogP) is 1.71. The second-order valence-electron chi connectivity index (χ2n) is 3.81. The Morgan fingerprint density at radius 2 is 2.00 bits per heavy atom. The van der Waals surface area contributed by atoms with E-state index in [2.05, 4.69) is 36.5 Å². The summed E-state index contributed by atoms with van der Waals surface area (Å²) in [6, 6.07) is -0.0177. The lowest BCUT2D eigenvalue weighted by molar-refractivity contribution is 0.249. The molecule has 0 amide bonds. The molecular weight excluding hydrogens is 272 g/mol. The molecule has 1 rings (SSSR count). The molecule has 0 fully saturated rings. The van der Waals surface area contributed by atoms with Gasteiger partial charge in [-0.1, -0.05) is 13.8 Å². The third kappa shape index (κ3) is 3.05. The van der Waals surface area contributed by atoms with E-state index in [1.807, 2.05) is 13.8 Å². The maximum Gasteiger partial charge on any atom is 0.146 e. The standard InChI is InChI=1S/C10H17BrN4O/c1-6(2)7(4-16)15-10-8(11)9(12-3)13-5-14-10/h5-7,16H,4H2,1-3H3,(H2,12,13,14,15). The van der Waals surface area contributed by atoms with Gasteiger partial charge in [0.25, 0.3) is 0 Å². The first-order valence-corrected chi connectivity index (χ1v) is 5.95. The first-order chi connectivity index (χ1) is 7.60. The Morgan fingerprint density at radius 1 is 1.38 bits per heavy atom. The van der Waals surface area contributed by atoms with Crippen LogP contribution in [0.4, 0.5) is 11.6 Å². The predicted molar refractivity (Wildman–Crippen MR) is 68.6 cm³/mol. The fraction of sp³-hybridized carbons (Fsp3) is 0.600. The highest BCUT2D eigenvalue weighted by Crippen LogP contribution is 2.27. The van der Waals surface area contributed by atoms with Gasteiger partial charge in [-0.15, -0.1) is 0 Å². The number of hydrogen-bond acceptors (Lipinski definition) is 5. The minimum Gasteiger partial charge on any atom is -0.394 e. The van der Waals surface area contributed by atoms with E-state index in [4.69, 9.17) is 0 Å². The summed E-state index contributed by atoms with van der Waals surface area (Å²) in [4.78, 5) is 8.20. The van der Waals surface area contributed by atoms with Gasteiger partial charge in [0.15, 0.2) is 0 Å². The molecule has 0 saturated carbocycles. The fourth-order valence-corrected chi connectivity index (χ4v) is 1.76. The monoisotopic (exact) mass is 288 g/mol. The zero-order chi connectivity index (χ0) is 12.1. The lowest BCUT2D eigenvalue weighted by Crippen LogP contribution is -2.30. The summed E-state index contributed by atoms with van der Waals surface area (Å²) >= 11 is 3.42. The molecule has 0 radical (unpaired) electrons. The van der Waals surface area contributed by atoms with E-state index in [-0.39, 0.29) is 12.6 Å². The molecule has 1 aromatic rings. The van der Waals surface area contributed by atoms with Crippen LogP contribution in [0, 0.1) is 5.92 Å². The molecule has 0 aliphatic carbocycles. The SMILES string of the molecule is CNc1ncnc(NC(CO)C(C)C)c1Br. The Labute approximate surface area is 104 Å². The van der Waals surface area contributed by atoms with Gasteiger partial charge in [-0.3, -0.25) is 0 Å².